The molecule has 0 bridgehead atoms. The van der Waals surface area contributed by atoms with Crippen LogP contribution in [0.5, 0.6) is 0 Å². The van der Waals surface area contributed by atoms with Gasteiger partial charge >= 0.3 is 0 Å². The molecule has 33 heavy (non-hydrogen) atoms. The lowest BCUT2D eigenvalue weighted by Gasteiger charge is -2.31. The Kier molecular flexibility index (Phi) is 9.96. The van der Waals surface area contributed by atoms with Gasteiger partial charge in [0.1, 0.15) is 6.04 Å². The van der Waals surface area contributed by atoms with Crippen LogP contribution in [-0.2, 0) is 21.9 Å². The molecular weight excluding hydrogens is 475 g/mol. The van der Waals surface area contributed by atoms with Crippen molar-refractivity contribution in [1.82, 2.24) is 10.2 Å². The molecule has 178 valence electrons. The van der Waals surface area contributed by atoms with Crippen molar-refractivity contribution in [2.45, 2.75) is 70.3 Å². The molecule has 3 rings (SSSR count). The molecule has 2 aromatic carbocycles. The molecule has 0 unspecified atom stereocenters. The molecule has 4 nitrogen and oxygen atoms in total. The average Bonchev–Trinajstić information content (AvgIpc) is 3.28. The molecule has 0 aliphatic heterocycles. The minimum atomic E-state index is -0.497. The molecule has 2 amide bonds. The summed E-state index contributed by atoms with van der Waals surface area (Å²) in [6.07, 6.45) is 4.89. The molecule has 1 aliphatic rings. The number of aryl methyl sites for hydroxylation is 1. The molecule has 7 heteroatoms. The first kappa shape index (κ1) is 25.9. The lowest BCUT2D eigenvalue weighted by molar-refractivity contribution is -0.139. The quantitative estimate of drug-likeness (QED) is 0.405. The Bertz CT molecular complexity index is 943. The van der Waals surface area contributed by atoms with Gasteiger partial charge in [-0.15, -0.1) is 11.8 Å². The summed E-state index contributed by atoms with van der Waals surface area (Å²) in [5, 5.41) is 4.38. The summed E-state index contributed by atoms with van der Waals surface area (Å²) >= 11 is 14.0. The van der Waals surface area contributed by atoms with E-state index in [4.69, 9.17) is 23.2 Å². The zero-order valence-electron chi connectivity index (χ0n) is 19.3. The maximum absolute atomic E-state index is 13.4. The van der Waals surface area contributed by atoms with Crippen LogP contribution in [0.3, 0.4) is 0 Å². The fourth-order valence-electron chi connectivity index (χ4n) is 4.29. The van der Waals surface area contributed by atoms with Crippen LogP contribution in [-0.4, -0.2) is 34.6 Å². The molecular formula is C26H32Cl2N2O2S. The lowest BCUT2D eigenvalue weighted by atomic mass is 10.1. The van der Waals surface area contributed by atoms with E-state index < -0.39 is 6.04 Å². The maximum Gasteiger partial charge on any atom is 0.243 e. The van der Waals surface area contributed by atoms with Crippen LogP contribution in [0.1, 0.15) is 55.7 Å². The van der Waals surface area contributed by atoms with Gasteiger partial charge in [-0.1, -0.05) is 78.9 Å². The number of amides is 2. The number of thioether (sulfide) groups is 1. The molecule has 0 radical (unpaired) electrons. The highest BCUT2D eigenvalue weighted by Crippen LogP contribution is 2.28. The fraction of sp³-hybridized carbons (Fsp3) is 0.462. The third kappa shape index (κ3) is 7.40. The molecule has 2 aromatic rings. The van der Waals surface area contributed by atoms with Gasteiger partial charge < -0.3 is 10.2 Å². The smallest absolute Gasteiger partial charge is 0.243 e. The Labute approximate surface area is 211 Å². The van der Waals surface area contributed by atoms with Gasteiger partial charge in [0.2, 0.25) is 11.8 Å². The third-order valence-electron chi connectivity index (χ3n) is 6.06. The van der Waals surface area contributed by atoms with Crippen molar-refractivity contribution in [2.24, 2.45) is 0 Å². The summed E-state index contributed by atoms with van der Waals surface area (Å²) < 4.78 is 0. The number of halogens is 2. The van der Waals surface area contributed by atoms with E-state index in [0.29, 0.717) is 28.8 Å². The van der Waals surface area contributed by atoms with Gasteiger partial charge in [0.25, 0.3) is 0 Å². The lowest BCUT2D eigenvalue weighted by Crippen LogP contribution is -2.51. The molecule has 1 fully saturated rings. The van der Waals surface area contributed by atoms with Gasteiger partial charge in [0, 0.05) is 28.4 Å². The molecule has 1 N–H and O–H groups in total. The van der Waals surface area contributed by atoms with Crippen molar-refractivity contribution in [2.75, 3.05) is 5.75 Å². The monoisotopic (exact) mass is 506 g/mol. The molecule has 1 atom stereocenters. The molecule has 0 saturated heterocycles. The van der Waals surface area contributed by atoms with Gasteiger partial charge in [-0.3, -0.25) is 9.59 Å². The van der Waals surface area contributed by atoms with E-state index in [-0.39, 0.29) is 23.6 Å². The average molecular weight is 508 g/mol. The second-order valence-electron chi connectivity index (χ2n) is 8.62. The number of hydrogen-bond acceptors (Lipinski definition) is 3. The Morgan fingerprint density at radius 3 is 2.42 bits per heavy atom. The number of hydrogen-bond donors (Lipinski definition) is 1. The number of carbonyl (C=O) groups excluding carboxylic acids is 2. The van der Waals surface area contributed by atoms with Gasteiger partial charge in [-0.2, -0.15) is 0 Å². The van der Waals surface area contributed by atoms with Gasteiger partial charge in [0.15, 0.2) is 0 Å². The number of carbonyl (C=O) groups is 2. The SMILES string of the molecule is CC[C@@H](C(=O)NC1CCCC1)N(Cc1cccc(C)c1)C(=O)CSCc1c(Cl)cccc1Cl. The molecule has 0 heterocycles. The zero-order valence-corrected chi connectivity index (χ0v) is 21.6. The van der Waals surface area contributed by atoms with E-state index >= 15 is 0 Å². The standard InChI is InChI=1S/C26H32Cl2N2O2S/c1-3-24(26(32)29-20-10-4-5-11-20)30(15-19-9-6-8-18(2)14-19)25(31)17-33-16-21-22(27)12-7-13-23(21)28/h6-9,12-14,20,24H,3-5,10-11,15-17H2,1-2H3,(H,29,32)/t24-/m0/s1. The van der Waals surface area contributed by atoms with Gasteiger partial charge in [0.05, 0.1) is 5.75 Å². The van der Waals surface area contributed by atoms with E-state index in [1.165, 1.54) is 11.8 Å². The highest BCUT2D eigenvalue weighted by Gasteiger charge is 2.30. The van der Waals surface area contributed by atoms with Crippen LogP contribution < -0.4 is 5.32 Å². The number of nitrogens with zero attached hydrogens (tertiary/aromatic N) is 1. The summed E-state index contributed by atoms with van der Waals surface area (Å²) in [5.41, 5.74) is 2.98. The number of nitrogens with one attached hydrogen (secondary N) is 1. The predicted molar refractivity (Wildman–Crippen MR) is 139 cm³/mol. The Balaban J connectivity index is 1.73. The molecule has 1 aliphatic carbocycles. The first-order valence-corrected chi connectivity index (χ1v) is 13.5. The number of rotatable bonds is 10. The van der Waals surface area contributed by atoms with Crippen molar-refractivity contribution in [3.8, 4) is 0 Å². The van der Waals surface area contributed by atoms with Gasteiger partial charge in [-0.05, 0) is 49.4 Å². The first-order chi connectivity index (χ1) is 15.9. The van der Waals surface area contributed by atoms with E-state index in [1.54, 1.807) is 17.0 Å². The first-order valence-electron chi connectivity index (χ1n) is 11.5. The summed E-state index contributed by atoms with van der Waals surface area (Å²) in [7, 11) is 0. The molecule has 1 saturated carbocycles. The Morgan fingerprint density at radius 2 is 1.79 bits per heavy atom. The highest BCUT2D eigenvalue weighted by atomic mass is 35.5. The second-order valence-corrected chi connectivity index (χ2v) is 10.4. The summed E-state index contributed by atoms with van der Waals surface area (Å²) in [5.74, 6) is 0.677. The highest BCUT2D eigenvalue weighted by molar-refractivity contribution is 7.99. The van der Waals surface area contributed by atoms with E-state index in [2.05, 4.69) is 11.4 Å². The van der Waals surface area contributed by atoms with Crippen LogP contribution in [0, 0.1) is 6.92 Å². The third-order valence-corrected chi connectivity index (χ3v) is 7.71. The Morgan fingerprint density at radius 1 is 1.12 bits per heavy atom. The van der Waals surface area contributed by atoms with E-state index in [1.807, 2.05) is 38.1 Å². The van der Waals surface area contributed by atoms with Crippen LogP contribution in [0.4, 0.5) is 0 Å². The molecule has 0 aromatic heterocycles. The minimum absolute atomic E-state index is 0.0513. The van der Waals surface area contributed by atoms with Crippen molar-refractivity contribution < 1.29 is 9.59 Å². The Hall–Kier alpha value is -1.69. The van der Waals surface area contributed by atoms with Crippen molar-refractivity contribution in [3.05, 3.63) is 69.2 Å². The maximum atomic E-state index is 13.4. The number of benzene rings is 2. The largest absolute Gasteiger partial charge is 0.352 e. The van der Waals surface area contributed by atoms with Crippen LogP contribution in [0.2, 0.25) is 10.0 Å². The predicted octanol–water partition coefficient (Wildman–Crippen LogP) is 6.40. The van der Waals surface area contributed by atoms with Crippen molar-refractivity contribution in [1.29, 1.82) is 0 Å². The van der Waals surface area contributed by atoms with Crippen LogP contribution >= 0.6 is 35.0 Å². The summed E-state index contributed by atoms with van der Waals surface area (Å²) in [6, 6.07) is 13.2. The summed E-state index contributed by atoms with van der Waals surface area (Å²) in [6.45, 7) is 4.40. The summed E-state index contributed by atoms with van der Waals surface area (Å²) in [4.78, 5) is 28.3. The van der Waals surface area contributed by atoms with E-state index in [0.717, 1.165) is 42.4 Å². The second kappa shape index (κ2) is 12.7. The van der Waals surface area contributed by atoms with Gasteiger partial charge in [-0.25, -0.2) is 0 Å². The van der Waals surface area contributed by atoms with Crippen molar-refractivity contribution in [3.63, 3.8) is 0 Å². The normalized spacial score (nSPS) is 14.8. The van der Waals surface area contributed by atoms with Crippen LogP contribution in [0.15, 0.2) is 42.5 Å². The topological polar surface area (TPSA) is 49.4 Å². The van der Waals surface area contributed by atoms with Crippen LogP contribution in [0.25, 0.3) is 0 Å². The minimum Gasteiger partial charge on any atom is -0.352 e. The van der Waals surface area contributed by atoms with E-state index in [9.17, 15) is 9.59 Å². The molecule has 0 spiro atoms. The van der Waals surface area contributed by atoms with Crippen molar-refractivity contribution >= 4 is 46.8 Å². The fourth-order valence-corrected chi connectivity index (χ4v) is 5.93. The zero-order chi connectivity index (χ0) is 23.8.